The summed E-state index contributed by atoms with van der Waals surface area (Å²) in [6, 6.07) is 0. The number of nitrogens with one attached hydrogen (secondary N) is 1. The van der Waals surface area contributed by atoms with Crippen LogP contribution in [0, 0.1) is 13.8 Å². The lowest BCUT2D eigenvalue weighted by atomic mass is 10.2. The second kappa shape index (κ2) is 6.44. The molecule has 1 aromatic heterocycles. The van der Waals surface area contributed by atoms with Crippen LogP contribution in [0.2, 0.25) is 0 Å². The van der Waals surface area contributed by atoms with Crippen molar-refractivity contribution >= 4 is 23.6 Å². The van der Waals surface area contributed by atoms with Crippen LogP contribution in [0.1, 0.15) is 21.7 Å². The van der Waals surface area contributed by atoms with Crippen molar-refractivity contribution in [3.63, 3.8) is 0 Å². The smallest absolute Gasteiger partial charge is 0.313 e. The van der Waals surface area contributed by atoms with Gasteiger partial charge in [0, 0.05) is 25.0 Å². The van der Waals surface area contributed by atoms with Gasteiger partial charge in [0.15, 0.2) is 0 Å². The van der Waals surface area contributed by atoms with E-state index in [0.29, 0.717) is 23.6 Å². The highest BCUT2D eigenvalue weighted by Crippen LogP contribution is 2.11. The van der Waals surface area contributed by atoms with Crippen LogP contribution >= 0.6 is 11.8 Å². The number of carbonyl (C=O) groups is 2. The van der Waals surface area contributed by atoms with Crippen molar-refractivity contribution in [3.8, 4) is 0 Å². The zero-order chi connectivity index (χ0) is 13.7. The molecule has 1 amide bonds. The number of hydrogen-bond acceptors (Lipinski definition) is 4. The fourth-order valence-electron chi connectivity index (χ4n) is 1.59. The van der Waals surface area contributed by atoms with Crippen LogP contribution in [0.4, 0.5) is 0 Å². The third kappa shape index (κ3) is 3.76. The predicted molar refractivity (Wildman–Crippen MR) is 70.0 cm³/mol. The second-order valence-corrected chi connectivity index (χ2v) is 4.98. The topological polar surface area (TPSA) is 84.2 Å². The van der Waals surface area contributed by atoms with E-state index in [1.807, 2.05) is 6.92 Å². The quantitative estimate of drug-likeness (QED) is 0.740. The monoisotopic (exact) mass is 271 g/mol. The van der Waals surface area contributed by atoms with Crippen LogP contribution in [0.3, 0.4) is 0 Å². The molecular weight excluding hydrogens is 254 g/mol. The van der Waals surface area contributed by atoms with Crippen molar-refractivity contribution in [2.45, 2.75) is 13.8 Å². The maximum Gasteiger partial charge on any atom is 0.313 e. The van der Waals surface area contributed by atoms with Crippen LogP contribution < -0.4 is 5.32 Å². The van der Waals surface area contributed by atoms with E-state index in [-0.39, 0.29) is 11.7 Å². The fourth-order valence-corrected chi connectivity index (χ4v) is 2.15. The zero-order valence-electron chi connectivity index (χ0n) is 10.7. The summed E-state index contributed by atoms with van der Waals surface area (Å²) in [4.78, 5) is 22.2. The minimum atomic E-state index is -0.842. The SMILES string of the molecule is Cc1nn(C)c(C)c1C(=O)NCCSCC(=O)O. The Balaban J connectivity index is 2.44. The first-order chi connectivity index (χ1) is 8.43. The normalized spacial score (nSPS) is 10.4. The number of nitrogens with zero attached hydrogens (tertiary/aromatic N) is 2. The van der Waals surface area contributed by atoms with E-state index in [1.165, 1.54) is 11.8 Å². The number of aryl methyl sites for hydroxylation is 2. The van der Waals surface area contributed by atoms with E-state index < -0.39 is 5.97 Å². The molecule has 0 bridgehead atoms. The van der Waals surface area contributed by atoms with E-state index in [1.54, 1.807) is 18.7 Å². The number of hydrogen-bond donors (Lipinski definition) is 2. The molecule has 0 spiro atoms. The third-order valence-electron chi connectivity index (χ3n) is 2.49. The number of rotatable bonds is 6. The first kappa shape index (κ1) is 14.6. The van der Waals surface area contributed by atoms with Crippen LogP contribution in [-0.4, -0.2) is 44.8 Å². The molecule has 1 aromatic rings. The Morgan fingerprint density at radius 2 is 2.11 bits per heavy atom. The molecule has 18 heavy (non-hydrogen) atoms. The lowest BCUT2D eigenvalue weighted by Crippen LogP contribution is -2.27. The molecule has 0 atom stereocenters. The number of amides is 1. The minimum absolute atomic E-state index is 0.0564. The second-order valence-electron chi connectivity index (χ2n) is 3.87. The molecule has 0 fully saturated rings. The van der Waals surface area contributed by atoms with E-state index in [2.05, 4.69) is 10.4 Å². The van der Waals surface area contributed by atoms with Gasteiger partial charge in [0.25, 0.3) is 5.91 Å². The number of aromatic nitrogens is 2. The molecule has 100 valence electrons. The molecule has 0 saturated heterocycles. The minimum Gasteiger partial charge on any atom is -0.481 e. The predicted octanol–water partition coefficient (Wildman–Crippen LogP) is 0.585. The molecule has 2 N–H and O–H groups in total. The number of carboxylic acid groups (broad SMARTS) is 1. The number of aliphatic carboxylic acids is 1. The Kier molecular flexibility index (Phi) is 5.21. The van der Waals surface area contributed by atoms with Crippen molar-refractivity contribution in [3.05, 3.63) is 17.0 Å². The molecule has 7 heteroatoms. The van der Waals surface area contributed by atoms with Crippen molar-refractivity contribution in [2.24, 2.45) is 7.05 Å². The molecule has 1 heterocycles. The molecule has 0 saturated carbocycles. The Morgan fingerprint density at radius 1 is 1.44 bits per heavy atom. The van der Waals surface area contributed by atoms with Gasteiger partial charge >= 0.3 is 5.97 Å². The summed E-state index contributed by atoms with van der Waals surface area (Å²) in [6.07, 6.45) is 0. The Morgan fingerprint density at radius 3 is 2.61 bits per heavy atom. The fraction of sp³-hybridized carbons (Fsp3) is 0.545. The van der Waals surface area contributed by atoms with Crippen LogP contribution in [0.5, 0.6) is 0 Å². The first-order valence-electron chi connectivity index (χ1n) is 5.51. The highest BCUT2D eigenvalue weighted by Gasteiger charge is 2.16. The van der Waals surface area contributed by atoms with Gasteiger partial charge in [-0.1, -0.05) is 0 Å². The van der Waals surface area contributed by atoms with Gasteiger partial charge in [0.1, 0.15) is 0 Å². The van der Waals surface area contributed by atoms with Gasteiger partial charge in [-0.3, -0.25) is 14.3 Å². The molecule has 1 rings (SSSR count). The van der Waals surface area contributed by atoms with Crippen molar-refractivity contribution in [2.75, 3.05) is 18.1 Å². The van der Waals surface area contributed by atoms with Crippen molar-refractivity contribution in [1.29, 1.82) is 0 Å². The van der Waals surface area contributed by atoms with E-state index in [0.717, 1.165) is 5.69 Å². The molecule has 0 aliphatic rings. The Hall–Kier alpha value is -1.50. The summed E-state index contributed by atoms with van der Waals surface area (Å²) in [5, 5.41) is 15.4. The third-order valence-corrected chi connectivity index (χ3v) is 3.44. The average molecular weight is 271 g/mol. The van der Waals surface area contributed by atoms with Gasteiger partial charge in [0.2, 0.25) is 0 Å². The van der Waals surface area contributed by atoms with Crippen LogP contribution in [0.25, 0.3) is 0 Å². The van der Waals surface area contributed by atoms with Gasteiger partial charge < -0.3 is 10.4 Å². The van der Waals surface area contributed by atoms with E-state index in [4.69, 9.17) is 5.11 Å². The lowest BCUT2D eigenvalue weighted by molar-refractivity contribution is -0.133. The summed E-state index contributed by atoms with van der Waals surface area (Å²) in [6.45, 7) is 4.08. The highest BCUT2D eigenvalue weighted by atomic mass is 32.2. The molecule has 0 aliphatic carbocycles. The van der Waals surface area contributed by atoms with Crippen LogP contribution in [-0.2, 0) is 11.8 Å². The maximum absolute atomic E-state index is 11.9. The van der Waals surface area contributed by atoms with E-state index >= 15 is 0 Å². The summed E-state index contributed by atoms with van der Waals surface area (Å²) in [5.41, 5.74) is 2.12. The number of carbonyl (C=O) groups excluding carboxylic acids is 1. The molecule has 0 radical (unpaired) electrons. The van der Waals surface area contributed by atoms with Gasteiger partial charge in [-0.25, -0.2) is 0 Å². The highest BCUT2D eigenvalue weighted by molar-refractivity contribution is 7.99. The average Bonchev–Trinajstić information content (AvgIpc) is 2.52. The van der Waals surface area contributed by atoms with Crippen molar-refractivity contribution < 1.29 is 14.7 Å². The molecule has 0 aromatic carbocycles. The summed E-state index contributed by atoms with van der Waals surface area (Å²) >= 11 is 1.28. The first-order valence-corrected chi connectivity index (χ1v) is 6.67. The summed E-state index contributed by atoms with van der Waals surface area (Å²) in [7, 11) is 1.79. The molecular formula is C11H17N3O3S. The standard InChI is InChI=1S/C11H17N3O3S/c1-7-10(8(2)14(3)13-7)11(17)12-4-5-18-6-9(15)16/h4-6H2,1-3H3,(H,12,17)(H,15,16). The van der Waals surface area contributed by atoms with Crippen molar-refractivity contribution in [1.82, 2.24) is 15.1 Å². The Labute approximate surface area is 110 Å². The molecule has 6 nitrogen and oxygen atoms in total. The molecule has 0 aliphatic heterocycles. The zero-order valence-corrected chi connectivity index (χ0v) is 11.5. The van der Waals surface area contributed by atoms with Gasteiger partial charge in [-0.2, -0.15) is 5.10 Å². The van der Waals surface area contributed by atoms with Gasteiger partial charge in [-0.05, 0) is 13.8 Å². The van der Waals surface area contributed by atoms with Gasteiger partial charge in [-0.15, -0.1) is 11.8 Å². The summed E-state index contributed by atoms with van der Waals surface area (Å²) < 4.78 is 1.67. The van der Waals surface area contributed by atoms with Gasteiger partial charge in [0.05, 0.1) is 17.0 Å². The van der Waals surface area contributed by atoms with E-state index in [9.17, 15) is 9.59 Å². The largest absolute Gasteiger partial charge is 0.481 e. The lowest BCUT2D eigenvalue weighted by Gasteiger charge is -2.04. The maximum atomic E-state index is 11.9. The number of thioether (sulfide) groups is 1. The Bertz CT molecular complexity index is 457. The van der Waals surface area contributed by atoms with Crippen LogP contribution in [0.15, 0.2) is 0 Å². The summed E-state index contributed by atoms with van der Waals surface area (Å²) in [5.74, 6) is -0.365. The number of carboxylic acids is 1. The molecule has 0 unspecified atom stereocenters.